The summed E-state index contributed by atoms with van der Waals surface area (Å²) < 4.78 is 0. The molecule has 1 saturated heterocycles. The number of rotatable bonds is 1. The smallest absolute Gasteiger partial charge is 0.0215 e. The van der Waals surface area contributed by atoms with Crippen molar-refractivity contribution in [1.82, 2.24) is 4.90 Å². The van der Waals surface area contributed by atoms with E-state index in [1.165, 1.54) is 25.8 Å². The Labute approximate surface area is 81.3 Å². The quantitative estimate of drug-likeness (QED) is 0.692. The molecule has 0 aliphatic carbocycles. The second-order valence-corrected chi connectivity index (χ2v) is 2.87. The van der Waals surface area contributed by atoms with Crippen molar-refractivity contribution in [3.63, 3.8) is 0 Å². The maximum atomic E-state index is 5.55. The fourth-order valence-corrected chi connectivity index (χ4v) is 1.44. The fraction of sp³-hybridized carbons (Fsp3) is 1.00. The monoisotopic (exact) mass is 200 g/mol. The Kier molecular flexibility index (Phi) is 9.15. The topological polar surface area (TPSA) is 29.3 Å². The van der Waals surface area contributed by atoms with Gasteiger partial charge in [-0.2, -0.15) is 0 Å². The van der Waals surface area contributed by atoms with Gasteiger partial charge in [0.15, 0.2) is 0 Å². The Morgan fingerprint density at radius 1 is 1.36 bits per heavy atom. The van der Waals surface area contributed by atoms with Crippen LogP contribution in [0.5, 0.6) is 0 Å². The summed E-state index contributed by atoms with van der Waals surface area (Å²) in [4.78, 5) is 2.36. The number of nitrogens with two attached hydrogens (primary N) is 1. The van der Waals surface area contributed by atoms with Gasteiger partial charge in [0.1, 0.15) is 0 Å². The fourth-order valence-electron chi connectivity index (χ4n) is 1.44. The van der Waals surface area contributed by atoms with Crippen molar-refractivity contribution in [1.29, 1.82) is 0 Å². The number of likely N-dealkylation sites (N-methyl/N-ethyl adjacent to an activating group) is 1. The van der Waals surface area contributed by atoms with Crippen molar-refractivity contribution in [3.8, 4) is 0 Å². The lowest BCUT2D eigenvalue weighted by atomic mass is 10.0. The molecule has 4 heteroatoms. The van der Waals surface area contributed by atoms with Gasteiger partial charge in [-0.1, -0.05) is 6.42 Å². The van der Waals surface area contributed by atoms with Crippen LogP contribution >= 0.6 is 24.8 Å². The summed E-state index contributed by atoms with van der Waals surface area (Å²) in [5, 5.41) is 0. The molecule has 0 aromatic rings. The van der Waals surface area contributed by atoms with Crippen LogP contribution in [0.15, 0.2) is 0 Å². The van der Waals surface area contributed by atoms with E-state index >= 15 is 0 Å². The maximum Gasteiger partial charge on any atom is 0.0215 e. The molecule has 0 aromatic carbocycles. The molecule has 2 N–H and O–H groups in total. The summed E-state index contributed by atoms with van der Waals surface area (Å²) in [5.41, 5.74) is 5.55. The van der Waals surface area contributed by atoms with E-state index in [0.29, 0.717) is 6.04 Å². The minimum absolute atomic E-state index is 0. The maximum absolute atomic E-state index is 5.55. The lowest BCUT2D eigenvalue weighted by Gasteiger charge is -2.31. The van der Waals surface area contributed by atoms with Crippen molar-refractivity contribution in [2.24, 2.45) is 5.73 Å². The molecule has 1 fully saturated rings. The summed E-state index contributed by atoms with van der Waals surface area (Å²) in [5.74, 6) is 0. The minimum Gasteiger partial charge on any atom is -0.329 e. The van der Waals surface area contributed by atoms with Crippen LogP contribution in [-0.4, -0.2) is 31.1 Å². The summed E-state index contributed by atoms with van der Waals surface area (Å²) >= 11 is 0. The van der Waals surface area contributed by atoms with Gasteiger partial charge in [-0.15, -0.1) is 24.8 Å². The zero-order valence-corrected chi connectivity index (χ0v) is 8.59. The molecule has 0 bridgehead atoms. The average Bonchev–Trinajstić information content (AvgIpc) is 1.89. The molecule has 0 saturated carbocycles. The van der Waals surface area contributed by atoms with E-state index in [2.05, 4.69) is 11.9 Å². The first-order chi connectivity index (χ1) is 4.34. The Morgan fingerprint density at radius 3 is 2.36 bits per heavy atom. The van der Waals surface area contributed by atoms with Crippen LogP contribution in [0.1, 0.15) is 19.3 Å². The van der Waals surface area contributed by atoms with Crippen LogP contribution in [0.3, 0.4) is 0 Å². The van der Waals surface area contributed by atoms with Gasteiger partial charge in [0, 0.05) is 12.6 Å². The lowest BCUT2D eigenvalue weighted by molar-refractivity contribution is 0.191. The van der Waals surface area contributed by atoms with Crippen LogP contribution in [0, 0.1) is 0 Å². The number of likely N-dealkylation sites (tertiary alicyclic amines) is 1. The second kappa shape index (κ2) is 7.17. The van der Waals surface area contributed by atoms with Crippen LogP contribution in [0.2, 0.25) is 0 Å². The first kappa shape index (κ1) is 14.0. The van der Waals surface area contributed by atoms with Crippen LogP contribution in [0.4, 0.5) is 0 Å². The Hall–Kier alpha value is 0.500. The van der Waals surface area contributed by atoms with Gasteiger partial charge in [0.25, 0.3) is 0 Å². The summed E-state index contributed by atoms with van der Waals surface area (Å²) in [7, 11) is 2.16. The van der Waals surface area contributed by atoms with E-state index in [-0.39, 0.29) is 24.8 Å². The Balaban J connectivity index is 0. The highest BCUT2D eigenvalue weighted by atomic mass is 35.5. The number of halogens is 2. The third-order valence-electron chi connectivity index (χ3n) is 2.19. The number of nitrogens with zero attached hydrogens (tertiary/aromatic N) is 1. The van der Waals surface area contributed by atoms with Crippen molar-refractivity contribution < 1.29 is 0 Å². The van der Waals surface area contributed by atoms with Gasteiger partial charge in [-0.05, 0) is 26.4 Å². The summed E-state index contributed by atoms with van der Waals surface area (Å²) in [6, 6.07) is 0.666. The molecule has 0 aromatic heterocycles. The molecule has 0 radical (unpaired) electrons. The first-order valence-corrected chi connectivity index (χ1v) is 3.75. The molecule has 0 unspecified atom stereocenters. The highest BCUT2D eigenvalue weighted by Crippen LogP contribution is 2.12. The molecule has 2 nitrogen and oxygen atoms in total. The van der Waals surface area contributed by atoms with E-state index in [4.69, 9.17) is 5.73 Å². The molecule has 0 amide bonds. The van der Waals surface area contributed by atoms with E-state index < -0.39 is 0 Å². The zero-order valence-electron chi connectivity index (χ0n) is 6.95. The summed E-state index contributed by atoms with van der Waals surface area (Å²) in [6.07, 6.45) is 4.02. The Bertz CT molecular complexity index is 90.5. The van der Waals surface area contributed by atoms with E-state index in [0.717, 1.165) is 6.54 Å². The van der Waals surface area contributed by atoms with E-state index in [9.17, 15) is 0 Å². The van der Waals surface area contributed by atoms with Gasteiger partial charge in [0.2, 0.25) is 0 Å². The third-order valence-corrected chi connectivity index (χ3v) is 2.19. The SMILES string of the molecule is CN1CCCC[C@H]1CN.Cl.Cl. The molecule has 1 heterocycles. The van der Waals surface area contributed by atoms with Crippen molar-refractivity contribution in [2.75, 3.05) is 20.1 Å². The van der Waals surface area contributed by atoms with Crippen molar-refractivity contribution in [2.45, 2.75) is 25.3 Å². The van der Waals surface area contributed by atoms with Crippen molar-refractivity contribution in [3.05, 3.63) is 0 Å². The minimum atomic E-state index is 0. The van der Waals surface area contributed by atoms with E-state index in [1.54, 1.807) is 0 Å². The van der Waals surface area contributed by atoms with Gasteiger partial charge in [-0.3, -0.25) is 0 Å². The van der Waals surface area contributed by atoms with E-state index in [1.807, 2.05) is 0 Å². The third kappa shape index (κ3) is 4.16. The molecular formula is C7H18Cl2N2. The number of piperidine rings is 1. The highest BCUT2D eigenvalue weighted by molar-refractivity contribution is 5.85. The molecule has 1 rings (SSSR count). The predicted molar refractivity (Wildman–Crippen MR) is 53.8 cm³/mol. The molecule has 11 heavy (non-hydrogen) atoms. The van der Waals surface area contributed by atoms with Crippen molar-refractivity contribution >= 4 is 24.8 Å². The predicted octanol–water partition coefficient (Wildman–Crippen LogP) is 1.27. The van der Waals surface area contributed by atoms with Crippen LogP contribution in [-0.2, 0) is 0 Å². The molecule has 70 valence electrons. The van der Waals surface area contributed by atoms with Gasteiger partial charge < -0.3 is 10.6 Å². The van der Waals surface area contributed by atoms with Gasteiger partial charge in [-0.25, -0.2) is 0 Å². The highest BCUT2D eigenvalue weighted by Gasteiger charge is 2.15. The normalized spacial score (nSPS) is 25.1. The first-order valence-electron chi connectivity index (χ1n) is 3.75. The van der Waals surface area contributed by atoms with Gasteiger partial charge >= 0.3 is 0 Å². The molecular weight excluding hydrogens is 183 g/mol. The number of hydrogen-bond donors (Lipinski definition) is 1. The largest absolute Gasteiger partial charge is 0.329 e. The van der Waals surface area contributed by atoms with Crippen LogP contribution < -0.4 is 5.73 Å². The van der Waals surface area contributed by atoms with Crippen LogP contribution in [0.25, 0.3) is 0 Å². The molecule has 0 spiro atoms. The zero-order chi connectivity index (χ0) is 6.69. The average molecular weight is 201 g/mol. The second-order valence-electron chi connectivity index (χ2n) is 2.87. The molecule has 1 aliphatic heterocycles. The molecule has 1 atom stereocenters. The standard InChI is InChI=1S/C7H16N2.2ClH/c1-9-5-3-2-4-7(9)6-8;;/h7H,2-6,8H2,1H3;2*1H/t7-;;/m0../s1. The lowest BCUT2D eigenvalue weighted by Crippen LogP contribution is -2.41. The Morgan fingerprint density at radius 2 is 2.00 bits per heavy atom. The molecule has 1 aliphatic rings. The van der Waals surface area contributed by atoms with Gasteiger partial charge in [0.05, 0.1) is 0 Å². The number of hydrogen-bond acceptors (Lipinski definition) is 2. The summed E-state index contributed by atoms with van der Waals surface area (Å²) in [6.45, 7) is 2.07.